The highest BCUT2D eigenvalue weighted by Crippen LogP contribution is 2.18. The van der Waals surface area contributed by atoms with E-state index in [2.05, 4.69) is 5.32 Å². The molecule has 2 rings (SSSR count). The third kappa shape index (κ3) is 3.78. The van der Waals surface area contributed by atoms with Crippen molar-refractivity contribution in [3.05, 3.63) is 29.8 Å². The van der Waals surface area contributed by atoms with E-state index in [4.69, 9.17) is 18.0 Å². The third-order valence-corrected chi connectivity index (χ3v) is 4.22. The monoisotopic (exact) mass is 305 g/mol. The number of carbonyl (C=O) groups is 2. The lowest BCUT2D eigenvalue weighted by atomic mass is 9.96. The molecule has 2 amide bonds. The van der Waals surface area contributed by atoms with E-state index in [0.29, 0.717) is 25.9 Å². The first kappa shape index (κ1) is 15.4. The van der Waals surface area contributed by atoms with Gasteiger partial charge >= 0.3 is 0 Å². The quantitative estimate of drug-likeness (QED) is 0.811. The highest BCUT2D eigenvalue weighted by Gasteiger charge is 2.26. The molecule has 1 fully saturated rings. The van der Waals surface area contributed by atoms with Gasteiger partial charge in [-0.1, -0.05) is 30.4 Å². The number of carbonyl (C=O) groups excluding carboxylic acids is 2. The number of nitrogens with one attached hydrogen (secondary N) is 1. The predicted octanol–water partition coefficient (Wildman–Crippen LogP) is 1.46. The van der Waals surface area contributed by atoms with Crippen LogP contribution in [-0.4, -0.2) is 34.8 Å². The number of piperidine rings is 1. The fraction of sp³-hybridized carbons (Fsp3) is 0.400. The van der Waals surface area contributed by atoms with Crippen LogP contribution in [0.4, 0.5) is 5.69 Å². The summed E-state index contributed by atoms with van der Waals surface area (Å²) in [7, 11) is 0. The molecule has 112 valence electrons. The zero-order chi connectivity index (χ0) is 15.4. The average Bonchev–Trinajstić information content (AvgIpc) is 2.49. The molecule has 1 aliphatic heterocycles. The Hall–Kier alpha value is -1.95. The number of primary amides is 1. The highest BCUT2D eigenvalue weighted by atomic mass is 32.1. The number of amides is 2. The summed E-state index contributed by atoms with van der Waals surface area (Å²) in [6.07, 6.45) is 1.29. The molecular formula is C15H19N3O2S. The molecule has 21 heavy (non-hydrogen) atoms. The second kappa shape index (κ2) is 6.67. The molecule has 1 aliphatic rings. The normalized spacial score (nSPS) is 15.6. The minimum Gasteiger partial charge on any atom is -0.369 e. The van der Waals surface area contributed by atoms with Crippen molar-refractivity contribution in [1.82, 2.24) is 4.90 Å². The first-order valence-corrected chi connectivity index (χ1v) is 7.35. The smallest absolute Gasteiger partial charge is 0.283 e. The fourth-order valence-electron chi connectivity index (χ4n) is 2.40. The number of nitrogens with zero attached hydrogens (tertiary/aromatic N) is 1. The molecule has 1 aromatic rings. The summed E-state index contributed by atoms with van der Waals surface area (Å²) in [5.74, 6) is -0.662. The Kier molecular flexibility index (Phi) is 4.90. The van der Waals surface area contributed by atoms with Crippen LogP contribution in [0.2, 0.25) is 0 Å². The molecule has 0 spiro atoms. The number of thiocarbonyl (C=S) groups is 1. The maximum Gasteiger partial charge on any atom is 0.283 e. The molecule has 5 nitrogen and oxygen atoms in total. The Morgan fingerprint density at radius 2 is 1.90 bits per heavy atom. The van der Waals surface area contributed by atoms with Crippen LogP contribution in [0.1, 0.15) is 18.4 Å². The molecule has 0 unspecified atom stereocenters. The number of hydrogen-bond acceptors (Lipinski definition) is 3. The van der Waals surface area contributed by atoms with E-state index in [1.54, 1.807) is 0 Å². The van der Waals surface area contributed by atoms with Gasteiger partial charge in [0, 0.05) is 24.7 Å². The summed E-state index contributed by atoms with van der Waals surface area (Å²) < 4.78 is 0. The van der Waals surface area contributed by atoms with Crippen LogP contribution < -0.4 is 11.1 Å². The van der Waals surface area contributed by atoms with Crippen LogP contribution in [0.25, 0.3) is 0 Å². The van der Waals surface area contributed by atoms with Crippen LogP contribution >= 0.6 is 12.2 Å². The second-order valence-corrected chi connectivity index (χ2v) is 5.62. The molecule has 1 heterocycles. The third-order valence-electron chi connectivity index (χ3n) is 3.77. The Labute approximate surface area is 129 Å². The Morgan fingerprint density at radius 1 is 1.29 bits per heavy atom. The maximum absolute atomic E-state index is 12.2. The van der Waals surface area contributed by atoms with Crippen LogP contribution in [-0.2, 0) is 9.59 Å². The summed E-state index contributed by atoms with van der Waals surface area (Å²) in [5.41, 5.74) is 7.05. The Bertz CT molecular complexity index is 566. The second-order valence-electron chi connectivity index (χ2n) is 5.24. The van der Waals surface area contributed by atoms with E-state index in [1.165, 1.54) is 0 Å². The first-order valence-electron chi connectivity index (χ1n) is 6.94. The van der Waals surface area contributed by atoms with Crippen molar-refractivity contribution in [2.45, 2.75) is 19.8 Å². The van der Waals surface area contributed by atoms with Gasteiger partial charge in [0.2, 0.25) is 5.91 Å². The number of aryl methyl sites for hydroxylation is 1. The van der Waals surface area contributed by atoms with Crippen molar-refractivity contribution in [2.75, 3.05) is 18.4 Å². The summed E-state index contributed by atoms with van der Waals surface area (Å²) in [4.78, 5) is 25.4. The van der Waals surface area contributed by atoms with Crippen molar-refractivity contribution in [2.24, 2.45) is 11.7 Å². The SMILES string of the molecule is Cc1ccccc1NC(=O)C(=S)N1CCC(C(N)=O)CC1. The van der Waals surface area contributed by atoms with Gasteiger partial charge in [0.05, 0.1) is 0 Å². The van der Waals surface area contributed by atoms with Gasteiger partial charge in [0.25, 0.3) is 5.91 Å². The van der Waals surface area contributed by atoms with Gasteiger partial charge in [0.15, 0.2) is 4.99 Å². The first-order chi connectivity index (χ1) is 9.99. The van der Waals surface area contributed by atoms with E-state index in [-0.39, 0.29) is 22.7 Å². The Balaban J connectivity index is 1.93. The summed E-state index contributed by atoms with van der Waals surface area (Å²) in [6.45, 7) is 3.11. The zero-order valence-electron chi connectivity index (χ0n) is 12.0. The lowest BCUT2D eigenvalue weighted by Crippen LogP contribution is -2.45. The molecule has 0 aromatic heterocycles. The van der Waals surface area contributed by atoms with E-state index in [1.807, 2.05) is 36.1 Å². The molecular weight excluding hydrogens is 286 g/mol. The van der Waals surface area contributed by atoms with Crippen molar-refractivity contribution < 1.29 is 9.59 Å². The van der Waals surface area contributed by atoms with Gasteiger partial charge < -0.3 is 16.0 Å². The van der Waals surface area contributed by atoms with Crippen molar-refractivity contribution >= 4 is 34.7 Å². The van der Waals surface area contributed by atoms with Gasteiger partial charge in [-0.2, -0.15) is 0 Å². The van der Waals surface area contributed by atoms with E-state index < -0.39 is 0 Å². The molecule has 3 N–H and O–H groups in total. The summed E-state index contributed by atoms with van der Waals surface area (Å²) in [6, 6.07) is 7.55. The van der Waals surface area contributed by atoms with Crippen LogP contribution in [0, 0.1) is 12.8 Å². The number of anilines is 1. The molecule has 0 aliphatic carbocycles. The highest BCUT2D eigenvalue weighted by molar-refractivity contribution is 7.82. The molecule has 0 bridgehead atoms. The zero-order valence-corrected chi connectivity index (χ0v) is 12.8. The molecule has 1 saturated heterocycles. The number of likely N-dealkylation sites (tertiary alicyclic amines) is 1. The van der Waals surface area contributed by atoms with Crippen LogP contribution in [0.5, 0.6) is 0 Å². The van der Waals surface area contributed by atoms with E-state index in [9.17, 15) is 9.59 Å². The van der Waals surface area contributed by atoms with Crippen molar-refractivity contribution in [1.29, 1.82) is 0 Å². The van der Waals surface area contributed by atoms with Gasteiger partial charge in [-0.15, -0.1) is 0 Å². The molecule has 0 radical (unpaired) electrons. The van der Waals surface area contributed by atoms with Gasteiger partial charge in [-0.25, -0.2) is 0 Å². The van der Waals surface area contributed by atoms with Gasteiger partial charge in [-0.3, -0.25) is 9.59 Å². The van der Waals surface area contributed by atoms with Gasteiger partial charge in [0.1, 0.15) is 0 Å². The number of nitrogens with two attached hydrogens (primary N) is 1. The minimum absolute atomic E-state index is 0.108. The average molecular weight is 305 g/mol. The van der Waals surface area contributed by atoms with Crippen molar-refractivity contribution in [3.8, 4) is 0 Å². The Morgan fingerprint density at radius 3 is 2.48 bits per heavy atom. The number of hydrogen-bond donors (Lipinski definition) is 2. The number of rotatable bonds is 2. The summed E-state index contributed by atoms with van der Waals surface area (Å²) in [5, 5.41) is 2.83. The molecule has 1 aromatic carbocycles. The van der Waals surface area contributed by atoms with Crippen LogP contribution in [0.3, 0.4) is 0 Å². The van der Waals surface area contributed by atoms with Gasteiger partial charge in [-0.05, 0) is 31.4 Å². The van der Waals surface area contributed by atoms with Crippen LogP contribution in [0.15, 0.2) is 24.3 Å². The summed E-state index contributed by atoms with van der Waals surface area (Å²) >= 11 is 5.24. The number of para-hydroxylation sites is 1. The predicted molar refractivity (Wildman–Crippen MR) is 85.9 cm³/mol. The standard InChI is InChI=1S/C15H19N3O2S/c1-10-4-2-3-5-12(10)17-14(20)15(21)18-8-6-11(7-9-18)13(16)19/h2-5,11H,6-9H2,1H3,(H2,16,19)(H,17,20). The fourth-order valence-corrected chi connectivity index (χ4v) is 2.63. The molecule has 0 atom stereocenters. The maximum atomic E-state index is 12.2. The van der Waals surface area contributed by atoms with Crippen molar-refractivity contribution in [3.63, 3.8) is 0 Å². The minimum atomic E-state index is -0.281. The topological polar surface area (TPSA) is 75.4 Å². The molecule has 0 saturated carbocycles. The van der Waals surface area contributed by atoms with E-state index >= 15 is 0 Å². The lowest BCUT2D eigenvalue weighted by Gasteiger charge is -2.31. The molecule has 6 heteroatoms. The number of benzene rings is 1. The largest absolute Gasteiger partial charge is 0.369 e. The van der Waals surface area contributed by atoms with E-state index in [0.717, 1.165) is 11.3 Å². The lowest BCUT2D eigenvalue weighted by molar-refractivity contribution is -0.122.